The summed E-state index contributed by atoms with van der Waals surface area (Å²) in [5.74, 6) is -0.777. The highest BCUT2D eigenvalue weighted by molar-refractivity contribution is 5.78. The molecule has 1 heterocycles. The number of rotatable bonds is 3. The summed E-state index contributed by atoms with van der Waals surface area (Å²) in [6, 6.07) is 5.11. The van der Waals surface area contributed by atoms with E-state index in [0.717, 1.165) is 12.1 Å². The Morgan fingerprint density at radius 3 is 2.48 bits per heavy atom. The van der Waals surface area contributed by atoms with Crippen LogP contribution in [0.5, 0.6) is 11.5 Å². The third-order valence-corrected chi connectivity index (χ3v) is 2.73. The van der Waals surface area contributed by atoms with Crippen LogP contribution in [0.3, 0.4) is 0 Å². The van der Waals surface area contributed by atoms with Crippen molar-refractivity contribution in [2.24, 2.45) is 0 Å². The minimum absolute atomic E-state index is 0.0537. The van der Waals surface area contributed by atoms with Crippen LogP contribution in [0, 0.1) is 11.3 Å². The van der Waals surface area contributed by atoms with Gasteiger partial charge in [-0.3, -0.25) is 0 Å². The van der Waals surface area contributed by atoms with Crippen molar-refractivity contribution in [3.05, 3.63) is 23.8 Å². The quantitative estimate of drug-likeness (QED) is 0.886. The van der Waals surface area contributed by atoms with E-state index in [1.54, 1.807) is 6.07 Å². The molecule has 1 aromatic carbocycles. The van der Waals surface area contributed by atoms with Crippen LogP contribution in [-0.2, 0) is 0 Å². The van der Waals surface area contributed by atoms with Crippen molar-refractivity contribution in [1.29, 1.82) is 5.26 Å². The van der Waals surface area contributed by atoms with E-state index >= 15 is 0 Å². The van der Waals surface area contributed by atoms with E-state index in [1.165, 1.54) is 13.2 Å². The van der Waals surface area contributed by atoms with Crippen molar-refractivity contribution in [2.45, 2.75) is 6.36 Å². The molecule has 0 saturated heterocycles. The fourth-order valence-corrected chi connectivity index (χ4v) is 1.87. The minimum Gasteiger partial charge on any atom is -0.496 e. The second kappa shape index (κ2) is 5.88. The Morgan fingerprint density at radius 2 is 1.91 bits per heavy atom. The molecule has 4 N–H and O–H groups in total. The number of nitrogen functional groups attached to an aromatic ring is 2. The van der Waals surface area contributed by atoms with Gasteiger partial charge in [0.2, 0.25) is 5.95 Å². The fourth-order valence-electron chi connectivity index (χ4n) is 1.87. The summed E-state index contributed by atoms with van der Waals surface area (Å²) in [5.41, 5.74) is 11.0. The first-order valence-corrected chi connectivity index (χ1v) is 6.02. The van der Waals surface area contributed by atoms with E-state index in [9.17, 15) is 13.2 Å². The number of methoxy groups -OCH3 is 1. The van der Waals surface area contributed by atoms with Crippen molar-refractivity contribution >= 4 is 11.8 Å². The molecular formula is C13H10F3N5O2. The molecule has 0 aliphatic heterocycles. The topological polar surface area (TPSA) is 120 Å². The smallest absolute Gasteiger partial charge is 0.496 e. The number of anilines is 2. The van der Waals surface area contributed by atoms with Crippen LogP contribution in [0.15, 0.2) is 18.2 Å². The Morgan fingerprint density at radius 1 is 1.22 bits per heavy atom. The van der Waals surface area contributed by atoms with Gasteiger partial charge in [0, 0.05) is 5.56 Å². The maximum absolute atomic E-state index is 12.4. The van der Waals surface area contributed by atoms with Gasteiger partial charge in [-0.1, -0.05) is 0 Å². The van der Waals surface area contributed by atoms with Crippen LogP contribution in [0.2, 0.25) is 0 Å². The van der Waals surface area contributed by atoms with Crippen molar-refractivity contribution in [3.63, 3.8) is 0 Å². The van der Waals surface area contributed by atoms with Crippen LogP contribution >= 0.6 is 0 Å². The molecule has 23 heavy (non-hydrogen) atoms. The molecule has 0 fully saturated rings. The number of alkyl halides is 3. The number of nitriles is 1. The molecule has 7 nitrogen and oxygen atoms in total. The lowest BCUT2D eigenvalue weighted by atomic mass is 10.1. The Hall–Kier alpha value is -3.22. The van der Waals surface area contributed by atoms with Crippen molar-refractivity contribution in [1.82, 2.24) is 9.97 Å². The second-order valence-corrected chi connectivity index (χ2v) is 4.21. The molecule has 0 bridgehead atoms. The molecule has 0 aliphatic rings. The van der Waals surface area contributed by atoms with Gasteiger partial charge in [0.15, 0.2) is 0 Å². The summed E-state index contributed by atoms with van der Waals surface area (Å²) in [6.07, 6.45) is -4.87. The molecular weight excluding hydrogens is 315 g/mol. The van der Waals surface area contributed by atoms with Gasteiger partial charge >= 0.3 is 6.36 Å². The van der Waals surface area contributed by atoms with E-state index in [2.05, 4.69) is 14.7 Å². The van der Waals surface area contributed by atoms with Crippen molar-refractivity contribution < 1.29 is 22.6 Å². The predicted octanol–water partition coefficient (Wildman–Crippen LogP) is 2.09. The van der Waals surface area contributed by atoms with Gasteiger partial charge in [-0.15, -0.1) is 13.2 Å². The predicted molar refractivity (Wildman–Crippen MR) is 74.2 cm³/mol. The number of nitrogens with zero attached hydrogens (tertiary/aromatic N) is 3. The first kappa shape index (κ1) is 16.2. The summed E-state index contributed by atoms with van der Waals surface area (Å²) < 4.78 is 46.0. The molecule has 0 saturated carbocycles. The first-order valence-electron chi connectivity index (χ1n) is 6.02. The number of nitrogens with two attached hydrogens (primary N) is 2. The standard InChI is InChI=1S/C13H10F3N5O2/c1-22-9-3-2-6(23-13(14,15)16)4-7(9)10-8(5-17)11(18)21-12(19)20-10/h2-4H,1H3,(H4,18,19,20,21). The number of halogens is 3. The number of benzene rings is 1. The molecule has 120 valence electrons. The summed E-state index contributed by atoms with van der Waals surface area (Å²) in [4.78, 5) is 7.51. The lowest BCUT2D eigenvalue weighted by molar-refractivity contribution is -0.274. The fraction of sp³-hybridized carbons (Fsp3) is 0.154. The SMILES string of the molecule is COc1ccc(OC(F)(F)F)cc1-c1nc(N)nc(N)c1C#N. The third kappa shape index (κ3) is 3.52. The lowest BCUT2D eigenvalue weighted by Crippen LogP contribution is -2.17. The molecule has 0 atom stereocenters. The molecule has 0 spiro atoms. The van der Waals surface area contributed by atoms with Crippen molar-refractivity contribution in [2.75, 3.05) is 18.6 Å². The van der Waals surface area contributed by atoms with Crippen LogP contribution in [0.4, 0.5) is 24.9 Å². The summed E-state index contributed by atoms with van der Waals surface area (Å²) in [5, 5.41) is 9.17. The van der Waals surface area contributed by atoms with E-state index in [0.29, 0.717) is 0 Å². The maximum atomic E-state index is 12.4. The highest BCUT2D eigenvalue weighted by atomic mass is 19.4. The number of hydrogen-bond donors (Lipinski definition) is 2. The average molecular weight is 325 g/mol. The van der Waals surface area contributed by atoms with Gasteiger partial charge in [-0.25, -0.2) is 4.98 Å². The van der Waals surface area contributed by atoms with E-state index in [1.807, 2.05) is 0 Å². The van der Waals surface area contributed by atoms with E-state index < -0.39 is 12.1 Å². The van der Waals surface area contributed by atoms with Crippen LogP contribution in [-0.4, -0.2) is 23.4 Å². The molecule has 10 heteroatoms. The van der Waals surface area contributed by atoms with Gasteiger partial charge in [0.1, 0.15) is 28.9 Å². The van der Waals surface area contributed by atoms with Gasteiger partial charge in [-0.05, 0) is 18.2 Å². The molecule has 0 amide bonds. The zero-order valence-electron chi connectivity index (χ0n) is 11.7. The van der Waals surface area contributed by atoms with Crippen LogP contribution in [0.25, 0.3) is 11.3 Å². The highest BCUT2D eigenvalue weighted by Crippen LogP contribution is 2.36. The average Bonchev–Trinajstić information content (AvgIpc) is 2.44. The number of aromatic nitrogens is 2. The molecule has 0 radical (unpaired) electrons. The Kier molecular flexibility index (Phi) is 4.13. The van der Waals surface area contributed by atoms with E-state index in [4.69, 9.17) is 21.5 Å². The molecule has 2 rings (SSSR count). The van der Waals surface area contributed by atoms with Gasteiger partial charge < -0.3 is 20.9 Å². The van der Waals surface area contributed by atoms with Gasteiger partial charge in [0.25, 0.3) is 0 Å². The second-order valence-electron chi connectivity index (χ2n) is 4.21. The Labute approximate surface area is 128 Å². The normalized spacial score (nSPS) is 10.9. The minimum atomic E-state index is -4.87. The lowest BCUT2D eigenvalue weighted by Gasteiger charge is -2.14. The zero-order valence-corrected chi connectivity index (χ0v) is 11.7. The van der Waals surface area contributed by atoms with Crippen LogP contribution < -0.4 is 20.9 Å². The summed E-state index contributed by atoms with van der Waals surface area (Å²) in [7, 11) is 1.31. The van der Waals surface area contributed by atoms with Gasteiger partial charge in [0.05, 0.1) is 12.8 Å². The Bertz CT molecular complexity index is 786. The Balaban J connectivity index is 2.67. The summed E-state index contributed by atoms with van der Waals surface area (Å²) >= 11 is 0. The highest BCUT2D eigenvalue weighted by Gasteiger charge is 2.31. The largest absolute Gasteiger partial charge is 0.573 e. The maximum Gasteiger partial charge on any atom is 0.573 e. The van der Waals surface area contributed by atoms with Gasteiger partial charge in [-0.2, -0.15) is 10.2 Å². The monoisotopic (exact) mass is 325 g/mol. The van der Waals surface area contributed by atoms with Crippen molar-refractivity contribution in [3.8, 4) is 28.8 Å². The van der Waals surface area contributed by atoms with Crippen LogP contribution in [0.1, 0.15) is 5.56 Å². The molecule has 1 aromatic heterocycles. The number of ether oxygens (including phenoxy) is 2. The molecule has 2 aromatic rings. The third-order valence-electron chi connectivity index (χ3n) is 2.73. The molecule has 0 aliphatic carbocycles. The first-order chi connectivity index (χ1) is 10.7. The zero-order chi connectivity index (χ0) is 17.2. The number of hydrogen-bond acceptors (Lipinski definition) is 7. The van der Waals surface area contributed by atoms with E-state index in [-0.39, 0.29) is 34.3 Å². The summed E-state index contributed by atoms with van der Waals surface area (Å²) in [6.45, 7) is 0. The molecule has 0 unspecified atom stereocenters.